The summed E-state index contributed by atoms with van der Waals surface area (Å²) in [6, 6.07) is 14.0. The number of rotatable bonds is 5. The molecule has 0 aliphatic rings. The molecule has 1 unspecified atom stereocenters. The molecule has 8 nitrogen and oxygen atoms in total. The Labute approximate surface area is 162 Å². The molecule has 2 heterocycles. The van der Waals surface area contributed by atoms with E-state index in [9.17, 15) is 4.79 Å². The lowest BCUT2D eigenvalue weighted by Gasteiger charge is -2.15. The lowest BCUT2D eigenvalue weighted by molar-refractivity contribution is 0.0937. The van der Waals surface area contributed by atoms with Gasteiger partial charge in [-0.25, -0.2) is 9.97 Å². The van der Waals surface area contributed by atoms with E-state index in [2.05, 4.69) is 26.5 Å². The Morgan fingerprint density at radius 2 is 2.00 bits per heavy atom. The maximum Gasteiger partial charge on any atom is 0.251 e. The van der Waals surface area contributed by atoms with Crippen LogP contribution in [-0.4, -0.2) is 25.7 Å². The van der Waals surface area contributed by atoms with Crippen molar-refractivity contribution in [3.8, 4) is 18.0 Å². The summed E-state index contributed by atoms with van der Waals surface area (Å²) in [4.78, 5) is 21.1. The molecule has 1 aromatic carbocycles. The molecule has 138 valence electrons. The fourth-order valence-corrected chi connectivity index (χ4v) is 2.67. The molecule has 0 spiro atoms. The highest BCUT2D eigenvalue weighted by Gasteiger charge is 2.19. The Hall–Kier alpha value is -4.04. The smallest absolute Gasteiger partial charge is 0.251 e. The fraction of sp³-hybridized carbons (Fsp3) is 0.200. The summed E-state index contributed by atoms with van der Waals surface area (Å²) in [5, 5.41) is 25.0. The zero-order valence-electron chi connectivity index (χ0n) is 15.4. The number of benzene rings is 1. The summed E-state index contributed by atoms with van der Waals surface area (Å²) in [6.45, 7) is 3.58. The van der Waals surface area contributed by atoms with E-state index in [0.29, 0.717) is 22.8 Å². The Bertz CT molecular complexity index is 1070. The van der Waals surface area contributed by atoms with Gasteiger partial charge in [-0.05, 0) is 43.7 Å². The van der Waals surface area contributed by atoms with Gasteiger partial charge in [-0.2, -0.15) is 20.3 Å². The fourth-order valence-electron chi connectivity index (χ4n) is 2.67. The number of nitrogens with zero attached hydrogens (tertiary/aromatic N) is 6. The topological polar surface area (TPSA) is 120 Å². The number of pyridine rings is 1. The molecule has 0 bridgehead atoms. The van der Waals surface area contributed by atoms with E-state index >= 15 is 0 Å². The SMILES string of the molecule is CC(C#N)c1cccc(C(=O)N[C@@H](C)c2ncnn2-c2ccc(C#N)cn2)c1. The Morgan fingerprint density at radius 3 is 2.68 bits per heavy atom. The number of hydrogen-bond donors (Lipinski definition) is 1. The molecular weight excluding hydrogens is 354 g/mol. The molecule has 0 aliphatic heterocycles. The molecule has 3 aromatic rings. The molecule has 28 heavy (non-hydrogen) atoms. The minimum Gasteiger partial charge on any atom is -0.342 e. The van der Waals surface area contributed by atoms with Crippen LogP contribution in [0.15, 0.2) is 48.9 Å². The monoisotopic (exact) mass is 371 g/mol. The van der Waals surface area contributed by atoms with Gasteiger partial charge >= 0.3 is 0 Å². The van der Waals surface area contributed by atoms with Crippen LogP contribution >= 0.6 is 0 Å². The molecule has 3 rings (SSSR count). The number of hydrogen-bond acceptors (Lipinski definition) is 6. The average Bonchev–Trinajstić information content (AvgIpc) is 3.23. The van der Waals surface area contributed by atoms with Crippen molar-refractivity contribution in [3.05, 3.63) is 71.4 Å². The van der Waals surface area contributed by atoms with E-state index in [0.717, 1.165) is 5.56 Å². The highest BCUT2D eigenvalue weighted by Crippen LogP contribution is 2.18. The normalized spacial score (nSPS) is 12.4. The summed E-state index contributed by atoms with van der Waals surface area (Å²) in [6.07, 6.45) is 2.83. The number of nitriles is 2. The van der Waals surface area contributed by atoms with Crippen molar-refractivity contribution < 1.29 is 4.79 Å². The van der Waals surface area contributed by atoms with Gasteiger partial charge in [0.05, 0.1) is 23.6 Å². The molecule has 0 fully saturated rings. The standard InChI is InChI=1S/C20H17N7O/c1-13(9-21)16-4-3-5-17(8-16)20(28)26-14(2)19-24-12-25-27(19)18-7-6-15(10-22)11-23-18/h3-8,11-14H,1-2H3,(H,26,28)/t13?,14-/m0/s1. The van der Waals surface area contributed by atoms with Gasteiger partial charge in [-0.3, -0.25) is 4.79 Å². The van der Waals surface area contributed by atoms with Gasteiger partial charge in [0.1, 0.15) is 12.4 Å². The van der Waals surface area contributed by atoms with E-state index in [1.807, 2.05) is 12.1 Å². The minimum atomic E-state index is -0.440. The number of nitrogens with one attached hydrogen (secondary N) is 1. The first-order valence-corrected chi connectivity index (χ1v) is 8.60. The Balaban J connectivity index is 1.80. The average molecular weight is 371 g/mol. The lowest BCUT2D eigenvalue weighted by atomic mass is 10.00. The highest BCUT2D eigenvalue weighted by molar-refractivity contribution is 5.94. The summed E-state index contributed by atoms with van der Waals surface area (Å²) in [5.74, 6) is 0.433. The van der Waals surface area contributed by atoms with Crippen molar-refractivity contribution in [2.24, 2.45) is 0 Å². The minimum absolute atomic E-state index is 0.276. The van der Waals surface area contributed by atoms with Gasteiger partial charge < -0.3 is 5.32 Å². The summed E-state index contributed by atoms with van der Waals surface area (Å²) in [7, 11) is 0. The number of carbonyl (C=O) groups is 1. The second-order valence-electron chi connectivity index (χ2n) is 6.22. The molecule has 0 saturated carbocycles. The van der Waals surface area contributed by atoms with Crippen LogP contribution in [0.2, 0.25) is 0 Å². The zero-order chi connectivity index (χ0) is 20.1. The third-order valence-corrected chi connectivity index (χ3v) is 4.25. The van der Waals surface area contributed by atoms with Crippen molar-refractivity contribution in [3.63, 3.8) is 0 Å². The van der Waals surface area contributed by atoms with Crippen molar-refractivity contribution >= 4 is 5.91 Å². The molecule has 2 atom stereocenters. The molecule has 1 N–H and O–H groups in total. The van der Waals surface area contributed by atoms with Crippen LogP contribution < -0.4 is 5.32 Å². The third kappa shape index (κ3) is 3.87. The van der Waals surface area contributed by atoms with Gasteiger partial charge in [-0.15, -0.1) is 0 Å². The summed E-state index contributed by atoms with van der Waals surface area (Å²) in [5.41, 5.74) is 1.69. The predicted molar refractivity (Wildman–Crippen MR) is 100 cm³/mol. The van der Waals surface area contributed by atoms with Crippen LogP contribution in [-0.2, 0) is 0 Å². The molecular formula is C20H17N7O. The van der Waals surface area contributed by atoms with Crippen LogP contribution in [0.5, 0.6) is 0 Å². The third-order valence-electron chi connectivity index (χ3n) is 4.25. The molecule has 0 radical (unpaired) electrons. The van der Waals surface area contributed by atoms with Crippen molar-refractivity contribution in [2.75, 3.05) is 0 Å². The van der Waals surface area contributed by atoms with Gasteiger partial charge in [0, 0.05) is 11.8 Å². The first-order chi connectivity index (χ1) is 13.5. The Kier molecular flexibility index (Phi) is 5.43. The van der Waals surface area contributed by atoms with Crippen molar-refractivity contribution in [1.29, 1.82) is 10.5 Å². The molecule has 0 aliphatic carbocycles. The van der Waals surface area contributed by atoms with E-state index in [4.69, 9.17) is 10.5 Å². The maximum absolute atomic E-state index is 12.6. The lowest BCUT2D eigenvalue weighted by Crippen LogP contribution is -2.29. The van der Waals surface area contributed by atoms with Gasteiger partial charge in [0.25, 0.3) is 5.91 Å². The maximum atomic E-state index is 12.6. The molecule has 1 amide bonds. The quantitative estimate of drug-likeness (QED) is 0.736. The van der Waals surface area contributed by atoms with Gasteiger partial charge in [-0.1, -0.05) is 12.1 Å². The van der Waals surface area contributed by atoms with Crippen molar-refractivity contribution in [1.82, 2.24) is 25.1 Å². The Morgan fingerprint density at radius 1 is 1.18 bits per heavy atom. The van der Waals surface area contributed by atoms with Crippen LogP contribution in [0.3, 0.4) is 0 Å². The van der Waals surface area contributed by atoms with Crippen LogP contribution in [0, 0.1) is 22.7 Å². The highest BCUT2D eigenvalue weighted by atomic mass is 16.1. The summed E-state index contributed by atoms with van der Waals surface area (Å²) >= 11 is 0. The second-order valence-corrected chi connectivity index (χ2v) is 6.22. The van der Waals surface area contributed by atoms with Crippen LogP contribution in [0.1, 0.15) is 53.1 Å². The molecule has 2 aromatic heterocycles. The summed E-state index contributed by atoms with van der Waals surface area (Å²) < 4.78 is 1.51. The molecule has 0 saturated heterocycles. The van der Waals surface area contributed by atoms with Crippen LogP contribution in [0.4, 0.5) is 0 Å². The van der Waals surface area contributed by atoms with Crippen LogP contribution in [0.25, 0.3) is 5.82 Å². The second kappa shape index (κ2) is 8.11. The largest absolute Gasteiger partial charge is 0.342 e. The van der Waals surface area contributed by atoms with E-state index < -0.39 is 6.04 Å². The zero-order valence-corrected chi connectivity index (χ0v) is 15.4. The van der Waals surface area contributed by atoms with Crippen molar-refractivity contribution in [2.45, 2.75) is 25.8 Å². The molecule has 8 heteroatoms. The van der Waals surface area contributed by atoms with E-state index in [1.165, 1.54) is 17.2 Å². The van der Waals surface area contributed by atoms with E-state index in [-0.39, 0.29) is 11.8 Å². The number of carbonyl (C=O) groups excluding carboxylic acids is 1. The van der Waals surface area contributed by atoms with E-state index in [1.54, 1.807) is 44.2 Å². The first kappa shape index (κ1) is 18.7. The first-order valence-electron chi connectivity index (χ1n) is 8.60. The van der Waals surface area contributed by atoms with Gasteiger partial charge in [0.15, 0.2) is 11.6 Å². The number of aromatic nitrogens is 4. The number of amides is 1. The van der Waals surface area contributed by atoms with Gasteiger partial charge in [0.2, 0.25) is 0 Å². The predicted octanol–water partition coefficient (Wildman–Crippen LogP) is 2.65.